The van der Waals surface area contributed by atoms with Crippen molar-refractivity contribution in [2.45, 2.75) is 26.3 Å². The lowest BCUT2D eigenvalue weighted by atomic mass is 10.0. The molecule has 5 heteroatoms. The summed E-state index contributed by atoms with van der Waals surface area (Å²) in [6.07, 6.45) is 6.49. The van der Waals surface area contributed by atoms with Gasteiger partial charge in [0.2, 0.25) is 0 Å². The smallest absolute Gasteiger partial charge is 0.126 e. The van der Waals surface area contributed by atoms with Gasteiger partial charge in [-0.3, -0.25) is 4.98 Å². The van der Waals surface area contributed by atoms with Crippen molar-refractivity contribution >= 4 is 38.4 Å². The molecule has 2 aromatic carbocycles. The van der Waals surface area contributed by atoms with E-state index in [0.717, 1.165) is 18.0 Å². The molecule has 156 valence electrons. The lowest BCUT2D eigenvalue weighted by molar-refractivity contribution is 0.304. The molecular weight excluding hydrogens is 384 g/mol. The van der Waals surface area contributed by atoms with Gasteiger partial charge in [-0.2, -0.15) is 0 Å². The van der Waals surface area contributed by atoms with Crippen LogP contribution >= 0.6 is 0 Å². The summed E-state index contributed by atoms with van der Waals surface area (Å²) in [5.41, 5.74) is 3.75. The van der Waals surface area contributed by atoms with E-state index in [-0.39, 0.29) is 6.04 Å². The van der Waals surface area contributed by atoms with Gasteiger partial charge in [0.15, 0.2) is 0 Å². The Morgan fingerprint density at radius 2 is 1.94 bits per heavy atom. The maximum atomic E-state index is 6.12. The molecule has 0 saturated heterocycles. The Morgan fingerprint density at radius 3 is 2.77 bits per heavy atom. The van der Waals surface area contributed by atoms with Crippen LogP contribution in [0.3, 0.4) is 0 Å². The van der Waals surface area contributed by atoms with Gasteiger partial charge < -0.3 is 14.6 Å². The monoisotopic (exact) mass is 410 g/mol. The summed E-state index contributed by atoms with van der Waals surface area (Å²) in [5.74, 6) is 1.79. The average molecular weight is 411 g/mol. The first-order chi connectivity index (χ1) is 15.1. The fourth-order valence-corrected chi connectivity index (χ4v) is 4.41. The summed E-state index contributed by atoms with van der Waals surface area (Å²) >= 11 is 0. The van der Waals surface area contributed by atoms with E-state index < -0.39 is 0 Å². The third-order valence-electron chi connectivity index (χ3n) is 6.00. The summed E-state index contributed by atoms with van der Waals surface area (Å²) < 4.78 is 8.40. The number of nitrogens with zero attached hydrogens (tertiary/aromatic N) is 3. The summed E-state index contributed by atoms with van der Waals surface area (Å²) in [4.78, 5) is 8.63. The van der Waals surface area contributed by atoms with Crippen LogP contribution < -0.4 is 10.1 Å². The van der Waals surface area contributed by atoms with Crippen LogP contribution in [-0.4, -0.2) is 27.2 Å². The molecule has 1 atom stereocenters. The second-order valence-corrected chi connectivity index (χ2v) is 8.13. The van der Waals surface area contributed by atoms with Crippen molar-refractivity contribution in [3.05, 3.63) is 72.7 Å². The standard InChI is InChI=1S/C26H26N4O/c1-17(29-25-6-4-5-11-28-25)10-13-31-20-7-8-24-22(15-20)23-14-19-16-27-12-9-21(19)18(2)26(23)30(24)3/h4-9,11-12,14-17H,10,13H2,1-3H3,(H,28,29)/t17-/m0/s1. The van der Waals surface area contributed by atoms with Crippen LogP contribution in [0.2, 0.25) is 0 Å². The quantitative estimate of drug-likeness (QED) is 0.381. The van der Waals surface area contributed by atoms with Crippen LogP contribution in [0.4, 0.5) is 5.82 Å². The SMILES string of the molecule is Cc1c2ccncc2cc2c3cc(OCC[C@H](C)Nc4ccccn4)ccc3n(C)c12. The molecule has 1 N–H and O–H groups in total. The first-order valence-corrected chi connectivity index (χ1v) is 10.7. The number of anilines is 1. The number of pyridine rings is 2. The van der Waals surface area contributed by atoms with Gasteiger partial charge in [0.05, 0.1) is 12.1 Å². The molecule has 0 aliphatic heterocycles. The zero-order chi connectivity index (χ0) is 21.4. The number of hydrogen-bond acceptors (Lipinski definition) is 4. The van der Waals surface area contributed by atoms with E-state index >= 15 is 0 Å². The van der Waals surface area contributed by atoms with Crippen LogP contribution in [0.5, 0.6) is 5.75 Å². The van der Waals surface area contributed by atoms with Crippen molar-refractivity contribution < 1.29 is 4.74 Å². The Bertz CT molecular complexity index is 1370. The molecule has 3 aromatic heterocycles. The molecule has 0 bridgehead atoms. The second-order valence-electron chi connectivity index (χ2n) is 8.13. The Kier molecular flexibility index (Phi) is 4.94. The summed E-state index contributed by atoms with van der Waals surface area (Å²) in [6, 6.07) is 16.9. The normalized spacial score (nSPS) is 12.5. The maximum absolute atomic E-state index is 6.12. The molecule has 5 nitrogen and oxygen atoms in total. The first kappa shape index (κ1) is 19.4. The fourth-order valence-electron chi connectivity index (χ4n) is 4.41. The van der Waals surface area contributed by atoms with Crippen molar-refractivity contribution in [1.82, 2.24) is 14.5 Å². The number of benzene rings is 2. The molecule has 5 rings (SSSR count). The number of rotatable bonds is 6. The average Bonchev–Trinajstić information content (AvgIpc) is 3.06. The minimum atomic E-state index is 0.276. The minimum absolute atomic E-state index is 0.276. The largest absolute Gasteiger partial charge is 0.493 e. The van der Waals surface area contributed by atoms with Gasteiger partial charge in [-0.05, 0) is 67.3 Å². The molecule has 5 aromatic rings. The van der Waals surface area contributed by atoms with E-state index in [1.165, 1.54) is 38.1 Å². The lowest BCUT2D eigenvalue weighted by Gasteiger charge is -2.15. The molecule has 0 amide bonds. The molecule has 0 aliphatic rings. The molecule has 0 spiro atoms. The number of ether oxygens (including phenoxy) is 1. The van der Waals surface area contributed by atoms with Crippen molar-refractivity contribution in [1.29, 1.82) is 0 Å². The van der Waals surface area contributed by atoms with Gasteiger partial charge in [0.25, 0.3) is 0 Å². The van der Waals surface area contributed by atoms with E-state index in [1.54, 1.807) is 6.20 Å². The second kappa shape index (κ2) is 7.91. The van der Waals surface area contributed by atoms with Crippen molar-refractivity contribution in [2.24, 2.45) is 7.05 Å². The van der Waals surface area contributed by atoms with Crippen LogP contribution in [-0.2, 0) is 7.05 Å². The Balaban J connectivity index is 1.40. The highest BCUT2D eigenvalue weighted by molar-refractivity contribution is 6.14. The Hall–Kier alpha value is -3.60. The van der Waals surface area contributed by atoms with Crippen LogP contribution in [0, 0.1) is 6.92 Å². The third-order valence-corrected chi connectivity index (χ3v) is 6.00. The van der Waals surface area contributed by atoms with Gasteiger partial charge in [-0.25, -0.2) is 4.98 Å². The van der Waals surface area contributed by atoms with Crippen molar-refractivity contribution in [3.8, 4) is 5.75 Å². The molecule has 0 radical (unpaired) electrons. The highest BCUT2D eigenvalue weighted by Gasteiger charge is 2.14. The van der Waals surface area contributed by atoms with Gasteiger partial charge >= 0.3 is 0 Å². The zero-order valence-electron chi connectivity index (χ0n) is 18.1. The fraction of sp³-hybridized carbons (Fsp3) is 0.231. The Morgan fingerprint density at radius 1 is 1.03 bits per heavy atom. The number of hydrogen-bond donors (Lipinski definition) is 1. The predicted molar refractivity (Wildman–Crippen MR) is 128 cm³/mol. The predicted octanol–water partition coefficient (Wildman–Crippen LogP) is 5.85. The number of fused-ring (bicyclic) bond motifs is 4. The number of aryl methyl sites for hydroxylation is 2. The Labute approximate surface area is 181 Å². The minimum Gasteiger partial charge on any atom is -0.493 e. The summed E-state index contributed by atoms with van der Waals surface area (Å²) in [6.45, 7) is 4.98. The summed E-state index contributed by atoms with van der Waals surface area (Å²) in [7, 11) is 2.14. The van der Waals surface area contributed by atoms with Gasteiger partial charge in [0.1, 0.15) is 11.6 Å². The van der Waals surface area contributed by atoms with E-state index in [0.29, 0.717) is 6.61 Å². The molecule has 31 heavy (non-hydrogen) atoms. The topological polar surface area (TPSA) is 52.0 Å². The van der Waals surface area contributed by atoms with Crippen LogP contribution in [0.15, 0.2) is 67.1 Å². The molecule has 0 aliphatic carbocycles. The van der Waals surface area contributed by atoms with Gasteiger partial charge in [0, 0.05) is 59.8 Å². The van der Waals surface area contributed by atoms with Crippen LogP contribution in [0.1, 0.15) is 18.9 Å². The van der Waals surface area contributed by atoms with E-state index in [9.17, 15) is 0 Å². The molecule has 0 fully saturated rings. The van der Waals surface area contributed by atoms with Gasteiger partial charge in [-0.15, -0.1) is 0 Å². The third kappa shape index (κ3) is 3.56. The number of aromatic nitrogens is 3. The number of nitrogens with one attached hydrogen (secondary N) is 1. The van der Waals surface area contributed by atoms with Crippen molar-refractivity contribution in [2.75, 3.05) is 11.9 Å². The van der Waals surface area contributed by atoms with E-state index in [2.05, 4.69) is 71.1 Å². The van der Waals surface area contributed by atoms with E-state index in [4.69, 9.17) is 4.74 Å². The first-order valence-electron chi connectivity index (χ1n) is 10.7. The molecule has 0 unspecified atom stereocenters. The van der Waals surface area contributed by atoms with Gasteiger partial charge in [-0.1, -0.05) is 6.07 Å². The molecule has 0 saturated carbocycles. The lowest BCUT2D eigenvalue weighted by Crippen LogP contribution is -2.19. The maximum Gasteiger partial charge on any atom is 0.126 e. The highest BCUT2D eigenvalue weighted by Crippen LogP contribution is 2.36. The van der Waals surface area contributed by atoms with Crippen molar-refractivity contribution in [3.63, 3.8) is 0 Å². The summed E-state index contributed by atoms with van der Waals surface area (Å²) in [5, 5.41) is 8.28. The molecular formula is C26H26N4O. The van der Waals surface area contributed by atoms with E-state index in [1.807, 2.05) is 30.6 Å². The zero-order valence-corrected chi connectivity index (χ0v) is 18.1. The highest BCUT2D eigenvalue weighted by atomic mass is 16.5. The molecule has 3 heterocycles. The van der Waals surface area contributed by atoms with Crippen LogP contribution in [0.25, 0.3) is 32.6 Å².